The molecule has 0 bridgehead atoms. The second-order valence-corrected chi connectivity index (χ2v) is 5.95. The third-order valence-electron chi connectivity index (χ3n) is 4.16. The average molecular weight is 339 g/mol. The van der Waals surface area contributed by atoms with Crippen molar-refractivity contribution in [3.63, 3.8) is 0 Å². The van der Waals surface area contributed by atoms with Crippen LogP contribution in [0.5, 0.6) is 0 Å². The Morgan fingerprint density at radius 1 is 1.16 bits per heavy atom. The molecule has 25 heavy (non-hydrogen) atoms. The molecule has 0 saturated carbocycles. The molecule has 0 aliphatic carbocycles. The molecule has 0 amide bonds. The summed E-state index contributed by atoms with van der Waals surface area (Å²) < 4.78 is 5.41. The van der Waals surface area contributed by atoms with Crippen molar-refractivity contribution < 1.29 is 4.74 Å². The summed E-state index contributed by atoms with van der Waals surface area (Å²) in [5.41, 5.74) is 8.36. The van der Waals surface area contributed by atoms with Crippen molar-refractivity contribution in [2.24, 2.45) is 10.7 Å². The van der Waals surface area contributed by atoms with Gasteiger partial charge in [-0.15, -0.1) is 0 Å². The van der Waals surface area contributed by atoms with Gasteiger partial charge in [-0.25, -0.2) is 9.98 Å². The molecular weight excluding hydrogens is 314 g/mol. The second-order valence-electron chi connectivity index (χ2n) is 5.95. The van der Waals surface area contributed by atoms with Gasteiger partial charge in [0.05, 0.1) is 19.8 Å². The number of guanidine groups is 1. The van der Waals surface area contributed by atoms with Crippen LogP contribution in [0, 0.1) is 0 Å². The first-order valence-electron chi connectivity index (χ1n) is 8.67. The van der Waals surface area contributed by atoms with E-state index in [1.165, 1.54) is 5.56 Å². The van der Waals surface area contributed by atoms with Crippen LogP contribution in [0.2, 0.25) is 0 Å². The van der Waals surface area contributed by atoms with Crippen molar-refractivity contribution in [3.05, 3.63) is 59.8 Å². The molecule has 1 saturated heterocycles. The summed E-state index contributed by atoms with van der Waals surface area (Å²) in [4.78, 5) is 11.2. The molecule has 0 radical (unpaired) electrons. The Labute approximate surface area is 148 Å². The molecule has 1 aliphatic rings. The molecule has 0 unspecified atom stereocenters. The highest BCUT2D eigenvalue weighted by atomic mass is 16.5. The summed E-state index contributed by atoms with van der Waals surface area (Å²) in [7, 11) is 0. The van der Waals surface area contributed by atoms with Crippen molar-refractivity contribution in [1.29, 1.82) is 0 Å². The Hall–Kier alpha value is -2.60. The third-order valence-corrected chi connectivity index (χ3v) is 4.16. The molecule has 6 heteroatoms. The number of aromatic nitrogens is 1. The van der Waals surface area contributed by atoms with Crippen LogP contribution in [-0.4, -0.2) is 43.8 Å². The van der Waals surface area contributed by atoms with Gasteiger partial charge in [-0.3, -0.25) is 0 Å². The molecular formula is C19H25N5O. The number of ether oxygens (including phenoxy) is 1. The van der Waals surface area contributed by atoms with Crippen molar-refractivity contribution in [2.75, 3.05) is 37.7 Å². The molecule has 2 aromatic rings. The summed E-state index contributed by atoms with van der Waals surface area (Å²) in [5.74, 6) is 1.44. The lowest BCUT2D eigenvalue weighted by molar-refractivity contribution is 0.122. The van der Waals surface area contributed by atoms with Gasteiger partial charge in [0.1, 0.15) is 5.82 Å². The maximum Gasteiger partial charge on any atom is 0.188 e. The number of nitrogens with two attached hydrogens (primary N) is 1. The first kappa shape index (κ1) is 17.2. The second kappa shape index (κ2) is 9.03. The lowest BCUT2D eigenvalue weighted by Crippen LogP contribution is -2.37. The minimum Gasteiger partial charge on any atom is -0.378 e. The fourth-order valence-electron chi connectivity index (χ4n) is 2.82. The summed E-state index contributed by atoms with van der Waals surface area (Å²) in [6.07, 6.45) is 2.74. The normalized spacial score (nSPS) is 15.2. The van der Waals surface area contributed by atoms with Gasteiger partial charge in [-0.05, 0) is 18.1 Å². The first-order chi connectivity index (χ1) is 12.3. The number of nitrogens with zero attached hydrogens (tertiary/aromatic N) is 3. The minimum atomic E-state index is 0.465. The van der Waals surface area contributed by atoms with Crippen LogP contribution in [0.25, 0.3) is 0 Å². The minimum absolute atomic E-state index is 0.465. The highest BCUT2D eigenvalue weighted by molar-refractivity contribution is 5.77. The van der Waals surface area contributed by atoms with E-state index in [0.29, 0.717) is 12.5 Å². The van der Waals surface area contributed by atoms with E-state index in [2.05, 4.69) is 38.4 Å². The van der Waals surface area contributed by atoms with Crippen LogP contribution in [0.4, 0.5) is 5.82 Å². The fourth-order valence-corrected chi connectivity index (χ4v) is 2.82. The van der Waals surface area contributed by atoms with Crippen molar-refractivity contribution in [3.8, 4) is 0 Å². The van der Waals surface area contributed by atoms with E-state index in [0.717, 1.165) is 50.7 Å². The van der Waals surface area contributed by atoms with E-state index >= 15 is 0 Å². The quantitative estimate of drug-likeness (QED) is 0.617. The molecule has 2 heterocycles. The van der Waals surface area contributed by atoms with Gasteiger partial charge in [0.2, 0.25) is 0 Å². The van der Waals surface area contributed by atoms with Crippen LogP contribution in [0.3, 0.4) is 0 Å². The van der Waals surface area contributed by atoms with Crippen LogP contribution in [0.15, 0.2) is 53.7 Å². The number of nitrogens with one attached hydrogen (secondary N) is 1. The number of pyridine rings is 1. The number of hydrogen-bond acceptors (Lipinski definition) is 4. The predicted molar refractivity (Wildman–Crippen MR) is 101 cm³/mol. The number of hydrogen-bond donors (Lipinski definition) is 2. The lowest BCUT2D eigenvalue weighted by Gasteiger charge is -2.29. The topological polar surface area (TPSA) is 75.8 Å². The number of anilines is 1. The maximum atomic E-state index is 6.00. The number of morpholine rings is 1. The summed E-state index contributed by atoms with van der Waals surface area (Å²) in [6.45, 7) is 4.48. The van der Waals surface area contributed by atoms with Gasteiger partial charge in [0.25, 0.3) is 0 Å². The number of aliphatic imine (C=N–C) groups is 1. The van der Waals surface area contributed by atoms with Gasteiger partial charge < -0.3 is 20.7 Å². The average Bonchev–Trinajstić information content (AvgIpc) is 2.68. The Bertz CT molecular complexity index is 683. The smallest absolute Gasteiger partial charge is 0.188 e. The van der Waals surface area contributed by atoms with Crippen molar-refractivity contribution >= 4 is 11.8 Å². The molecule has 1 aliphatic heterocycles. The SMILES string of the molecule is NC(=NCc1cccnc1N1CCOCC1)NCCc1ccccc1. The van der Waals surface area contributed by atoms with Crippen LogP contribution in [-0.2, 0) is 17.7 Å². The summed E-state index contributed by atoms with van der Waals surface area (Å²) in [6, 6.07) is 14.3. The Morgan fingerprint density at radius 3 is 2.76 bits per heavy atom. The first-order valence-corrected chi connectivity index (χ1v) is 8.67. The fraction of sp³-hybridized carbons (Fsp3) is 0.368. The molecule has 0 atom stereocenters. The van der Waals surface area contributed by atoms with E-state index in [1.54, 1.807) is 0 Å². The Morgan fingerprint density at radius 2 is 1.96 bits per heavy atom. The van der Waals surface area contributed by atoms with E-state index in [-0.39, 0.29) is 0 Å². The van der Waals surface area contributed by atoms with Crippen molar-refractivity contribution in [1.82, 2.24) is 10.3 Å². The number of benzene rings is 1. The molecule has 6 nitrogen and oxygen atoms in total. The molecule has 0 spiro atoms. The third kappa shape index (κ3) is 5.19. The Balaban J connectivity index is 1.54. The van der Waals surface area contributed by atoms with E-state index in [1.807, 2.05) is 30.5 Å². The highest BCUT2D eigenvalue weighted by Crippen LogP contribution is 2.19. The lowest BCUT2D eigenvalue weighted by atomic mass is 10.1. The number of rotatable bonds is 6. The molecule has 3 N–H and O–H groups in total. The molecule has 1 fully saturated rings. The van der Waals surface area contributed by atoms with E-state index in [4.69, 9.17) is 10.5 Å². The molecule has 3 rings (SSSR count). The zero-order valence-corrected chi connectivity index (χ0v) is 14.4. The zero-order valence-electron chi connectivity index (χ0n) is 14.4. The van der Waals surface area contributed by atoms with Crippen molar-refractivity contribution in [2.45, 2.75) is 13.0 Å². The van der Waals surface area contributed by atoms with E-state index in [9.17, 15) is 0 Å². The van der Waals surface area contributed by atoms with Crippen LogP contribution < -0.4 is 16.0 Å². The summed E-state index contributed by atoms with van der Waals surface area (Å²) in [5, 5.41) is 3.17. The van der Waals surface area contributed by atoms with Gasteiger partial charge in [0, 0.05) is 31.4 Å². The monoisotopic (exact) mass is 339 g/mol. The van der Waals surface area contributed by atoms with Gasteiger partial charge in [-0.1, -0.05) is 36.4 Å². The predicted octanol–water partition coefficient (Wildman–Crippen LogP) is 1.57. The zero-order chi connectivity index (χ0) is 17.3. The molecule has 1 aromatic carbocycles. The van der Waals surface area contributed by atoms with E-state index < -0.39 is 0 Å². The van der Waals surface area contributed by atoms with Crippen LogP contribution >= 0.6 is 0 Å². The standard InChI is InChI=1S/C19H25N5O/c20-19(22-10-8-16-5-2-1-3-6-16)23-15-17-7-4-9-21-18(17)24-11-13-25-14-12-24/h1-7,9H,8,10-15H2,(H3,20,22,23). The summed E-state index contributed by atoms with van der Waals surface area (Å²) >= 11 is 0. The van der Waals surface area contributed by atoms with Crippen LogP contribution in [0.1, 0.15) is 11.1 Å². The van der Waals surface area contributed by atoms with Gasteiger partial charge in [-0.2, -0.15) is 0 Å². The van der Waals surface area contributed by atoms with Gasteiger partial charge >= 0.3 is 0 Å². The largest absolute Gasteiger partial charge is 0.378 e. The highest BCUT2D eigenvalue weighted by Gasteiger charge is 2.15. The Kier molecular flexibility index (Phi) is 6.23. The maximum absolute atomic E-state index is 6.00. The van der Waals surface area contributed by atoms with Gasteiger partial charge in [0.15, 0.2) is 5.96 Å². The molecule has 132 valence electrons. The molecule has 1 aromatic heterocycles.